The summed E-state index contributed by atoms with van der Waals surface area (Å²) in [5.41, 5.74) is 0.497. The third-order valence-corrected chi connectivity index (χ3v) is 7.72. The van der Waals surface area contributed by atoms with Crippen molar-refractivity contribution in [2.75, 3.05) is 24.1 Å². The number of nitrogens with zero attached hydrogens (tertiary/aromatic N) is 4. The average Bonchev–Trinajstić information content (AvgIpc) is 3.20. The number of amidine groups is 1. The van der Waals surface area contributed by atoms with E-state index in [-0.39, 0.29) is 23.1 Å². The van der Waals surface area contributed by atoms with Crippen molar-refractivity contribution in [3.8, 4) is 0 Å². The molecule has 3 heterocycles. The maximum absolute atomic E-state index is 14.1. The standard InChI is InChI=1S/C22H20F2N4O4S2/c1-33(29,30)16-8-10-20(25-13-16)27-18(15-6-4-3-5-7-15)12-19(22(23)24)28(27)21-11-9-17(14-26-21)34(2,31)32/h3-12,14,16H,13H2,1-2H3. The van der Waals surface area contributed by atoms with Crippen LogP contribution in [0.25, 0.3) is 5.70 Å². The lowest BCUT2D eigenvalue weighted by molar-refractivity contribution is 0.405. The third kappa shape index (κ3) is 4.64. The number of hydrogen-bond acceptors (Lipinski definition) is 8. The number of anilines is 1. The highest BCUT2D eigenvalue weighted by Gasteiger charge is 2.37. The van der Waals surface area contributed by atoms with E-state index in [4.69, 9.17) is 0 Å². The highest BCUT2D eigenvalue weighted by Crippen LogP contribution is 2.38. The summed E-state index contributed by atoms with van der Waals surface area (Å²) in [6.45, 7) is -0.0747. The number of dihydropyridines is 1. The molecule has 12 heteroatoms. The molecule has 178 valence electrons. The van der Waals surface area contributed by atoms with Gasteiger partial charge in [0.25, 0.3) is 6.08 Å². The lowest BCUT2D eigenvalue weighted by Gasteiger charge is -2.34. The molecule has 0 saturated carbocycles. The molecule has 4 rings (SSSR count). The minimum atomic E-state index is -3.54. The van der Waals surface area contributed by atoms with E-state index in [9.17, 15) is 25.6 Å². The predicted octanol–water partition coefficient (Wildman–Crippen LogP) is 3.05. The fraction of sp³-hybridized carbons (Fsp3) is 0.182. The monoisotopic (exact) mass is 506 g/mol. The Morgan fingerprint density at radius 3 is 2.21 bits per heavy atom. The smallest absolute Gasteiger partial charge is 0.265 e. The zero-order valence-corrected chi connectivity index (χ0v) is 19.8. The van der Waals surface area contributed by atoms with Crippen molar-refractivity contribution in [1.29, 1.82) is 0 Å². The summed E-state index contributed by atoms with van der Waals surface area (Å²) in [4.78, 5) is 8.42. The van der Waals surface area contributed by atoms with E-state index < -0.39 is 36.7 Å². The molecule has 0 spiro atoms. The maximum Gasteiger partial charge on any atom is 0.295 e. The number of aliphatic imine (C=N–C) groups is 1. The second-order valence-corrected chi connectivity index (χ2v) is 12.0. The van der Waals surface area contributed by atoms with Crippen molar-refractivity contribution in [2.24, 2.45) is 4.99 Å². The number of allylic oxidation sites excluding steroid dienone is 1. The Balaban J connectivity index is 1.85. The second-order valence-electron chi connectivity index (χ2n) is 7.72. The fourth-order valence-electron chi connectivity index (χ4n) is 3.49. The van der Waals surface area contributed by atoms with Crippen molar-refractivity contribution in [2.45, 2.75) is 10.1 Å². The molecule has 0 radical (unpaired) electrons. The largest absolute Gasteiger partial charge is 0.295 e. The molecule has 2 aliphatic rings. The van der Waals surface area contributed by atoms with E-state index in [0.29, 0.717) is 11.3 Å². The van der Waals surface area contributed by atoms with Gasteiger partial charge < -0.3 is 0 Å². The summed E-state index contributed by atoms with van der Waals surface area (Å²) in [6, 6.07) is 11.4. The van der Waals surface area contributed by atoms with E-state index in [1.54, 1.807) is 30.3 Å². The van der Waals surface area contributed by atoms with Gasteiger partial charge in [0.1, 0.15) is 11.5 Å². The second kappa shape index (κ2) is 8.76. The van der Waals surface area contributed by atoms with E-state index >= 15 is 0 Å². The SMILES string of the molecule is CS(=O)(=O)c1ccc(N2C(=C(F)F)C=C(c3ccccc3)N2C2=NCC(S(C)(=O)=O)C=C2)nc1. The van der Waals surface area contributed by atoms with Gasteiger partial charge >= 0.3 is 0 Å². The van der Waals surface area contributed by atoms with Crippen LogP contribution in [0, 0.1) is 0 Å². The number of hydrogen-bond donors (Lipinski definition) is 0. The lowest BCUT2D eigenvalue weighted by atomic mass is 10.1. The first-order chi connectivity index (χ1) is 16.0. The summed E-state index contributed by atoms with van der Waals surface area (Å²) in [6.07, 6.45) is 5.43. The maximum atomic E-state index is 14.1. The van der Waals surface area contributed by atoms with Crippen LogP contribution in [-0.2, 0) is 19.7 Å². The molecular formula is C22H20F2N4O4S2. The van der Waals surface area contributed by atoms with E-state index in [2.05, 4.69) is 9.98 Å². The molecule has 2 aromatic rings. The number of halogens is 2. The normalized spacial score (nSPS) is 18.7. The van der Waals surface area contributed by atoms with Crippen LogP contribution in [0.1, 0.15) is 5.56 Å². The topological polar surface area (TPSA) is 100 Å². The quantitative estimate of drug-likeness (QED) is 0.628. The molecule has 34 heavy (non-hydrogen) atoms. The number of rotatable bonds is 4. The predicted molar refractivity (Wildman–Crippen MR) is 125 cm³/mol. The first-order valence-electron chi connectivity index (χ1n) is 9.97. The van der Waals surface area contributed by atoms with E-state index in [0.717, 1.165) is 23.7 Å². The molecule has 0 amide bonds. The van der Waals surface area contributed by atoms with Gasteiger partial charge in [-0.05, 0) is 24.3 Å². The minimum Gasteiger partial charge on any atom is -0.265 e. The molecule has 0 bridgehead atoms. The highest BCUT2D eigenvalue weighted by molar-refractivity contribution is 7.91. The van der Waals surface area contributed by atoms with Crippen molar-refractivity contribution in [3.05, 3.63) is 84.2 Å². The van der Waals surface area contributed by atoms with Crippen LogP contribution in [0.15, 0.2) is 88.6 Å². The lowest BCUT2D eigenvalue weighted by Crippen LogP contribution is -2.42. The van der Waals surface area contributed by atoms with Crippen LogP contribution < -0.4 is 5.01 Å². The van der Waals surface area contributed by atoms with Crippen LogP contribution in [0.2, 0.25) is 0 Å². The molecule has 1 aromatic carbocycles. The Morgan fingerprint density at radius 1 is 1.00 bits per heavy atom. The van der Waals surface area contributed by atoms with Crippen molar-refractivity contribution < 1.29 is 25.6 Å². The number of pyridine rings is 1. The Hall–Kier alpha value is -3.38. The molecule has 1 aromatic heterocycles. The molecule has 8 nitrogen and oxygen atoms in total. The molecule has 0 N–H and O–H groups in total. The molecule has 0 aliphatic carbocycles. The number of hydrazine groups is 1. The molecule has 1 atom stereocenters. The van der Waals surface area contributed by atoms with Gasteiger partial charge in [-0.3, -0.25) is 4.99 Å². The molecule has 1 unspecified atom stereocenters. The van der Waals surface area contributed by atoms with Gasteiger partial charge in [-0.25, -0.2) is 31.8 Å². The van der Waals surface area contributed by atoms with E-state index in [1.165, 1.54) is 35.4 Å². The minimum absolute atomic E-state index is 0.0266. The molecular weight excluding hydrogens is 486 g/mol. The number of benzene rings is 1. The summed E-state index contributed by atoms with van der Waals surface area (Å²) in [5, 5.41) is 1.70. The zero-order chi connectivity index (χ0) is 24.7. The van der Waals surface area contributed by atoms with Gasteiger partial charge in [-0.1, -0.05) is 36.4 Å². The van der Waals surface area contributed by atoms with Crippen molar-refractivity contribution in [1.82, 2.24) is 9.99 Å². The molecule has 0 saturated heterocycles. The van der Waals surface area contributed by atoms with Crippen molar-refractivity contribution >= 4 is 37.0 Å². The first-order valence-corrected chi connectivity index (χ1v) is 13.8. The van der Waals surface area contributed by atoms with Gasteiger partial charge in [-0.2, -0.15) is 8.78 Å². The Kier molecular flexibility index (Phi) is 6.13. The van der Waals surface area contributed by atoms with Gasteiger partial charge in [0, 0.05) is 24.3 Å². The Labute approximate surface area is 196 Å². The highest BCUT2D eigenvalue weighted by atomic mass is 32.2. The van der Waals surface area contributed by atoms with Crippen LogP contribution in [0.5, 0.6) is 0 Å². The Morgan fingerprint density at radius 2 is 1.71 bits per heavy atom. The van der Waals surface area contributed by atoms with Crippen LogP contribution >= 0.6 is 0 Å². The average molecular weight is 507 g/mol. The molecule has 0 fully saturated rings. The summed E-state index contributed by atoms with van der Waals surface area (Å²) < 4.78 is 75.7. The third-order valence-electron chi connectivity index (χ3n) is 5.22. The van der Waals surface area contributed by atoms with Gasteiger partial charge in [0.15, 0.2) is 25.5 Å². The number of sulfone groups is 2. The van der Waals surface area contributed by atoms with Gasteiger partial charge in [0.05, 0.1) is 22.4 Å². The van der Waals surface area contributed by atoms with Gasteiger partial charge in [0.2, 0.25) is 0 Å². The summed E-state index contributed by atoms with van der Waals surface area (Å²) >= 11 is 0. The number of aromatic nitrogens is 1. The Bertz CT molecular complexity index is 1450. The van der Waals surface area contributed by atoms with Gasteiger partial charge in [-0.15, -0.1) is 0 Å². The van der Waals surface area contributed by atoms with Crippen LogP contribution in [-0.4, -0.2) is 57.0 Å². The van der Waals surface area contributed by atoms with Crippen LogP contribution in [0.3, 0.4) is 0 Å². The van der Waals surface area contributed by atoms with Crippen LogP contribution in [0.4, 0.5) is 14.6 Å². The summed E-state index contributed by atoms with van der Waals surface area (Å²) in [5.74, 6) is 0.249. The summed E-state index contributed by atoms with van der Waals surface area (Å²) in [7, 11) is -6.93. The molecule has 2 aliphatic heterocycles. The zero-order valence-electron chi connectivity index (χ0n) is 18.1. The fourth-order valence-corrected chi connectivity index (χ4v) is 4.76. The van der Waals surface area contributed by atoms with E-state index in [1.807, 2.05) is 0 Å². The first kappa shape index (κ1) is 23.8. The van der Waals surface area contributed by atoms with Crippen molar-refractivity contribution in [3.63, 3.8) is 0 Å².